The summed E-state index contributed by atoms with van der Waals surface area (Å²) in [6.45, 7) is 1.63. The van der Waals surface area contributed by atoms with Crippen molar-refractivity contribution in [1.82, 2.24) is 0 Å². The second-order valence-electron chi connectivity index (χ2n) is 4.49. The van der Waals surface area contributed by atoms with Crippen molar-refractivity contribution in [2.75, 3.05) is 23.3 Å². The molecule has 0 atom stereocenters. The molecule has 0 spiro atoms. The van der Waals surface area contributed by atoms with Gasteiger partial charge in [0.1, 0.15) is 5.82 Å². The van der Waals surface area contributed by atoms with Gasteiger partial charge in [-0.15, -0.1) is 0 Å². The Labute approximate surface area is 93.3 Å². The van der Waals surface area contributed by atoms with E-state index in [0.29, 0.717) is 17.4 Å². The fourth-order valence-electron chi connectivity index (χ4n) is 2.31. The van der Waals surface area contributed by atoms with E-state index >= 15 is 0 Å². The van der Waals surface area contributed by atoms with Crippen molar-refractivity contribution in [2.45, 2.75) is 25.3 Å². The Balaban J connectivity index is 2.08. The van der Waals surface area contributed by atoms with Crippen LogP contribution in [0.1, 0.15) is 19.3 Å². The highest BCUT2D eigenvalue weighted by atomic mass is 19.1. The molecule has 1 aliphatic heterocycles. The Morgan fingerprint density at radius 3 is 2.81 bits per heavy atom. The molecular formula is C12H14F2N2. The van der Waals surface area contributed by atoms with Crippen LogP contribution in [0.5, 0.6) is 0 Å². The lowest BCUT2D eigenvalue weighted by atomic mass is 10.2. The van der Waals surface area contributed by atoms with Gasteiger partial charge in [-0.1, -0.05) is 0 Å². The van der Waals surface area contributed by atoms with E-state index in [1.807, 2.05) is 0 Å². The van der Waals surface area contributed by atoms with Gasteiger partial charge >= 0.3 is 0 Å². The molecule has 0 amide bonds. The van der Waals surface area contributed by atoms with Gasteiger partial charge in [0.2, 0.25) is 0 Å². The molecule has 86 valence electrons. The maximum atomic E-state index is 13.6. The van der Waals surface area contributed by atoms with Crippen LogP contribution in [-0.2, 0) is 0 Å². The SMILES string of the molecule is Fc1cc(F)c2c(c1)N(C1CC1)CCCN2. The quantitative estimate of drug-likeness (QED) is 0.789. The first kappa shape index (κ1) is 9.87. The van der Waals surface area contributed by atoms with E-state index < -0.39 is 11.6 Å². The van der Waals surface area contributed by atoms with E-state index in [1.54, 1.807) is 0 Å². The third-order valence-corrected chi connectivity index (χ3v) is 3.21. The summed E-state index contributed by atoms with van der Waals surface area (Å²) in [7, 11) is 0. The summed E-state index contributed by atoms with van der Waals surface area (Å²) in [5, 5.41) is 3.05. The molecule has 2 nitrogen and oxygen atoms in total. The Morgan fingerprint density at radius 1 is 1.25 bits per heavy atom. The lowest BCUT2D eigenvalue weighted by Gasteiger charge is -2.24. The van der Waals surface area contributed by atoms with Crippen molar-refractivity contribution in [1.29, 1.82) is 0 Å². The molecular weight excluding hydrogens is 210 g/mol. The van der Waals surface area contributed by atoms with E-state index in [0.717, 1.165) is 38.4 Å². The topological polar surface area (TPSA) is 15.3 Å². The Hall–Kier alpha value is -1.32. The average Bonchev–Trinajstić information content (AvgIpc) is 3.01. The van der Waals surface area contributed by atoms with Crippen LogP contribution in [0.2, 0.25) is 0 Å². The minimum absolute atomic E-state index is 0.464. The summed E-state index contributed by atoms with van der Waals surface area (Å²) in [6.07, 6.45) is 3.24. The molecule has 0 unspecified atom stereocenters. The Morgan fingerprint density at radius 2 is 2.06 bits per heavy atom. The number of benzene rings is 1. The van der Waals surface area contributed by atoms with Gasteiger partial charge < -0.3 is 10.2 Å². The maximum Gasteiger partial charge on any atom is 0.151 e. The summed E-state index contributed by atoms with van der Waals surface area (Å²) in [5.41, 5.74) is 1.16. The molecule has 0 saturated heterocycles. The molecule has 1 heterocycles. The zero-order chi connectivity index (χ0) is 11.1. The molecule has 1 aromatic rings. The molecule has 1 aliphatic carbocycles. The van der Waals surface area contributed by atoms with Gasteiger partial charge in [0, 0.05) is 25.2 Å². The van der Waals surface area contributed by atoms with Crippen molar-refractivity contribution >= 4 is 11.4 Å². The average molecular weight is 224 g/mol. The molecule has 4 heteroatoms. The van der Waals surface area contributed by atoms with E-state index in [-0.39, 0.29) is 0 Å². The maximum absolute atomic E-state index is 13.6. The first-order valence-corrected chi connectivity index (χ1v) is 5.75. The zero-order valence-corrected chi connectivity index (χ0v) is 8.97. The molecule has 1 aromatic carbocycles. The molecule has 2 aliphatic rings. The first-order chi connectivity index (χ1) is 7.75. The van der Waals surface area contributed by atoms with Gasteiger partial charge in [0.05, 0.1) is 11.4 Å². The van der Waals surface area contributed by atoms with Crippen LogP contribution >= 0.6 is 0 Å². The number of halogens is 2. The minimum atomic E-state index is -0.495. The summed E-state index contributed by atoms with van der Waals surface area (Å²) < 4.78 is 26.9. The van der Waals surface area contributed by atoms with Gasteiger partial charge in [0.15, 0.2) is 5.82 Å². The van der Waals surface area contributed by atoms with Crippen LogP contribution in [0.4, 0.5) is 20.2 Å². The van der Waals surface area contributed by atoms with Crippen molar-refractivity contribution in [3.05, 3.63) is 23.8 Å². The minimum Gasteiger partial charge on any atom is -0.381 e. The van der Waals surface area contributed by atoms with Gasteiger partial charge in [-0.3, -0.25) is 0 Å². The first-order valence-electron chi connectivity index (χ1n) is 5.75. The molecule has 0 radical (unpaired) electrons. The summed E-state index contributed by atoms with van der Waals surface area (Å²) in [4.78, 5) is 2.14. The molecule has 1 N–H and O–H groups in total. The van der Waals surface area contributed by atoms with Crippen LogP contribution in [0, 0.1) is 11.6 Å². The second kappa shape index (κ2) is 3.61. The van der Waals surface area contributed by atoms with Crippen molar-refractivity contribution in [3.63, 3.8) is 0 Å². The number of hydrogen-bond donors (Lipinski definition) is 1. The molecule has 3 rings (SSSR count). The smallest absolute Gasteiger partial charge is 0.151 e. The molecule has 1 fully saturated rings. The monoisotopic (exact) mass is 224 g/mol. The number of nitrogens with one attached hydrogen (secondary N) is 1. The Bertz CT molecular complexity index is 416. The number of fused-ring (bicyclic) bond motifs is 1. The van der Waals surface area contributed by atoms with Crippen LogP contribution in [0.3, 0.4) is 0 Å². The third-order valence-electron chi connectivity index (χ3n) is 3.21. The van der Waals surface area contributed by atoms with Crippen LogP contribution in [0.15, 0.2) is 12.1 Å². The third kappa shape index (κ3) is 1.62. The van der Waals surface area contributed by atoms with Crippen molar-refractivity contribution < 1.29 is 8.78 Å². The summed E-state index contributed by atoms with van der Waals surface area (Å²) >= 11 is 0. The van der Waals surface area contributed by atoms with E-state index in [4.69, 9.17) is 0 Å². The Kier molecular flexibility index (Phi) is 2.23. The standard InChI is InChI=1S/C12H14F2N2/c13-8-6-10(14)12-11(7-8)16(9-2-3-9)5-1-4-15-12/h6-7,9,15H,1-5H2. The van der Waals surface area contributed by atoms with Gasteiger partial charge in [-0.05, 0) is 25.3 Å². The fourth-order valence-corrected chi connectivity index (χ4v) is 2.31. The van der Waals surface area contributed by atoms with Crippen LogP contribution in [-0.4, -0.2) is 19.1 Å². The number of hydrogen-bond acceptors (Lipinski definition) is 2. The van der Waals surface area contributed by atoms with E-state index in [1.165, 1.54) is 6.07 Å². The van der Waals surface area contributed by atoms with Gasteiger partial charge in [-0.2, -0.15) is 0 Å². The summed E-state index contributed by atoms with van der Waals surface area (Å²) in [5.74, 6) is -0.979. The van der Waals surface area contributed by atoms with Crippen LogP contribution in [0.25, 0.3) is 0 Å². The molecule has 0 bridgehead atoms. The van der Waals surface area contributed by atoms with Gasteiger partial charge in [0.25, 0.3) is 0 Å². The second-order valence-corrected chi connectivity index (χ2v) is 4.49. The lowest BCUT2D eigenvalue weighted by Crippen LogP contribution is -2.26. The highest BCUT2D eigenvalue weighted by Crippen LogP contribution is 2.38. The number of rotatable bonds is 1. The number of nitrogens with zero attached hydrogens (tertiary/aromatic N) is 1. The largest absolute Gasteiger partial charge is 0.381 e. The van der Waals surface area contributed by atoms with Crippen molar-refractivity contribution in [2.24, 2.45) is 0 Å². The zero-order valence-electron chi connectivity index (χ0n) is 8.97. The predicted molar refractivity (Wildman–Crippen MR) is 59.8 cm³/mol. The highest BCUT2D eigenvalue weighted by Gasteiger charge is 2.32. The highest BCUT2D eigenvalue weighted by molar-refractivity contribution is 5.72. The van der Waals surface area contributed by atoms with E-state index in [2.05, 4.69) is 10.2 Å². The van der Waals surface area contributed by atoms with Crippen LogP contribution < -0.4 is 10.2 Å². The summed E-state index contributed by atoms with van der Waals surface area (Å²) in [6, 6.07) is 2.87. The normalized spacial score (nSPS) is 20.0. The van der Waals surface area contributed by atoms with Gasteiger partial charge in [-0.25, -0.2) is 8.78 Å². The molecule has 1 saturated carbocycles. The molecule has 16 heavy (non-hydrogen) atoms. The molecule has 0 aromatic heterocycles. The predicted octanol–water partition coefficient (Wildman–Crippen LogP) is 2.75. The fraction of sp³-hybridized carbons (Fsp3) is 0.500. The number of anilines is 2. The van der Waals surface area contributed by atoms with Crippen molar-refractivity contribution in [3.8, 4) is 0 Å². The van der Waals surface area contributed by atoms with E-state index in [9.17, 15) is 8.78 Å². The lowest BCUT2D eigenvalue weighted by molar-refractivity contribution is 0.585.